The maximum atomic E-state index is 12.0. The number of nitrogen functional groups attached to an aromatic ring is 1. The van der Waals surface area contributed by atoms with Gasteiger partial charge in [-0.15, -0.1) is 0 Å². The number of ether oxygens (including phenoxy) is 1. The van der Waals surface area contributed by atoms with Gasteiger partial charge in [0.1, 0.15) is 12.0 Å². The van der Waals surface area contributed by atoms with E-state index in [1.807, 2.05) is 0 Å². The molecule has 0 aromatic carbocycles. The van der Waals surface area contributed by atoms with Crippen LogP contribution < -0.4 is 5.73 Å². The Morgan fingerprint density at radius 3 is 2.85 bits per heavy atom. The number of carbonyl (C=O) groups excluding carboxylic acids is 1. The molecule has 108 valence electrons. The summed E-state index contributed by atoms with van der Waals surface area (Å²) >= 11 is 0. The quantitative estimate of drug-likeness (QED) is 0.830. The predicted molar refractivity (Wildman–Crippen MR) is 73.8 cm³/mol. The van der Waals surface area contributed by atoms with Gasteiger partial charge in [0.15, 0.2) is 12.4 Å². The highest BCUT2D eigenvalue weighted by Crippen LogP contribution is 2.11. The molecule has 7 heteroatoms. The number of hydrogen-bond donors (Lipinski definition) is 1. The molecular formula is C13H19N5O2. The molecule has 0 unspecified atom stereocenters. The van der Waals surface area contributed by atoms with Crippen LogP contribution in [0.3, 0.4) is 0 Å². The van der Waals surface area contributed by atoms with E-state index in [9.17, 15) is 4.79 Å². The molecule has 0 spiro atoms. The molecule has 2 heterocycles. The summed E-state index contributed by atoms with van der Waals surface area (Å²) in [4.78, 5) is 16.1. The van der Waals surface area contributed by atoms with Gasteiger partial charge >= 0.3 is 5.97 Å². The van der Waals surface area contributed by atoms with Crippen molar-refractivity contribution < 1.29 is 9.53 Å². The number of rotatable bonds is 5. The molecule has 0 fully saturated rings. The fraction of sp³-hybridized carbons (Fsp3) is 0.462. The number of anilines is 1. The van der Waals surface area contributed by atoms with Crippen LogP contribution in [0.5, 0.6) is 0 Å². The molecule has 0 saturated heterocycles. The highest BCUT2D eigenvalue weighted by Gasteiger charge is 2.14. The van der Waals surface area contributed by atoms with E-state index in [2.05, 4.69) is 23.9 Å². The summed E-state index contributed by atoms with van der Waals surface area (Å²) in [5.41, 5.74) is 6.58. The van der Waals surface area contributed by atoms with Gasteiger partial charge in [-0.1, -0.05) is 13.8 Å². The largest absolute Gasteiger partial charge is 0.453 e. The van der Waals surface area contributed by atoms with Crippen molar-refractivity contribution in [1.82, 2.24) is 19.3 Å². The van der Waals surface area contributed by atoms with E-state index in [-0.39, 0.29) is 6.61 Å². The van der Waals surface area contributed by atoms with Crippen LogP contribution in [0.25, 0.3) is 0 Å². The number of hydrogen-bond acceptors (Lipinski definition) is 5. The molecule has 0 aliphatic carbocycles. The summed E-state index contributed by atoms with van der Waals surface area (Å²) in [7, 11) is 1.74. The molecule has 0 aliphatic rings. The Balaban J connectivity index is 2.00. The first-order valence-corrected chi connectivity index (χ1v) is 6.43. The molecule has 0 bridgehead atoms. The van der Waals surface area contributed by atoms with Gasteiger partial charge in [-0.05, 0) is 12.0 Å². The van der Waals surface area contributed by atoms with Gasteiger partial charge < -0.3 is 15.0 Å². The Labute approximate surface area is 117 Å². The smallest absolute Gasteiger partial charge is 0.355 e. The van der Waals surface area contributed by atoms with Gasteiger partial charge in [-0.2, -0.15) is 5.10 Å². The van der Waals surface area contributed by atoms with Gasteiger partial charge in [0.05, 0.1) is 5.69 Å². The monoisotopic (exact) mass is 277 g/mol. The minimum atomic E-state index is -0.428. The van der Waals surface area contributed by atoms with E-state index in [1.165, 1.54) is 6.33 Å². The number of esters is 1. The van der Waals surface area contributed by atoms with Gasteiger partial charge in [0, 0.05) is 19.8 Å². The zero-order chi connectivity index (χ0) is 14.7. The summed E-state index contributed by atoms with van der Waals surface area (Å²) < 4.78 is 8.63. The highest BCUT2D eigenvalue weighted by molar-refractivity contribution is 5.88. The van der Waals surface area contributed by atoms with Crippen molar-refractivity contribution in [2.24, 2.45) is 13.0 Å². The van der Waals surface area contributed by atoms with E-state index in [0.717, 1.165) is 6.54 Å². The van der Waals surface area contributed by atoms with E-state index in [4.69, 9.17) is 10.5 Å². The zero-order valence-corrected chi connectivity index (χ0v) is 11.9. The van der Waals surface area contributed by atoms with Crippen molar-refractivity contribution in [3.05, 3.63) is 30.1 Å². The van der Waals surface area contributed by atoms with Gasteiger partial charge in [-0.25, -0.2) is 14.5 Å². The van der Waals surface area contributed by atoms with Crippen LogP contribution in [0, 0.1) is 5.92 Å². The van der Waals surface area contributed by atoms with Crippen molar-refractivity contribution in [3.63, 3.8) is 0 Å². The highest BCUT2D eigenvalue weighted by atomic mass is 16.5. The van der Waals surface area contributed by atoms with Gasteiger partial charge in [0.2, 0.25) is 0 Å². The Kier molecular flexibility index (Phi) is 4.07. The summed E-state index contributed by atoms with van der Waals surface area (Å²) in [6.45, 7) is 5.01. The normalized spacial score (nSPS) is 11.0. The summed E-state index contributed by atoms with van der Waals surface area (Å²) in [5, 5.41) is 4.12. The van der Waals surface area contributed by atoms with Crippen LogP contribution >= 0.6 is 0 Å². The molecule has 2 N–H and O–H groups in total. The third-order valence-electron chi connectivity index (χ3n) is 2.80. The van der Waals surface area contributed by atoms with Crippen LogP contribution in [0.4, 0.5) is 5.69 Å². The summed E-state index contributed by atoms with van der Waals surface area (Å²) in [6.07, 6.45) is 3.13. The average molecular weight is 277 g/mol. The summed E-state index contributed by atoms with van der Waals surface area (Å²) in [6, 6.07) is 1.58. The van der Waals surface area contributed by atoms with Crippen LogP contribution in [0.15, 0.2) is 18.6 Å². The minimum absolute atomic E-state index is 0.0939. The molecule has 0 radical (unpaired) electrons. The van der Waals surface area contributed by atoms with Crippen molar-refractivity contribution in [2.75, 3.05) is 5.73 Å². The second kappa shape index (κ2) is 5.77. The molecule has 0 saturated carbocycles. The molecular weight excluding hydrogens is 258 g/mol. The van der Waals surface area contributed by atoms with E-state index in [1.54, 1.807) is 28.6 Å². The van der Waals surface area contributed by atoms with Crippen molar-refractivity contribution in [1.29, 1.82) is 0 Å². The molecule has 20 heavy (non-hydrogen) atoms. The van der Waals surface area contributed by atoms with Crippen LogP contribution in [-0.4, -0.2) is 25.3 Å². The average Bonchev–Trinajstić information content (AvgIpc) is 2.92. The minimum Gasteiger partial charge on any atom is -0.453 e. The molecule has 0 amide bonds. The molecule has 0 aliphatic heterocycles. The maximum absolute atomic E-state index is 12.0. The van der Waals surface area contributed by atoms with Crippen LogP contribution in [-0.2, 0) is 24.9 Å². The number of carbonyl (C=O) groups is 1. The topological polar surface area (TPSA) is 88.0 Å². The van der Waals surface area contributed by atoms with Crippen molar-refractivity contribution in [2.45, 2.75) is 27.0 Å². The molecule has 2 aromatic rings. The fourth-order valence-corrected chi connectivity index (χ4v) is 1.90. The third kappa shape index (κ3) is 3.17. The zero-order valence-electron chi connectivity index (χ0n) is 11.9. The van der Waals surface area contributed by atoms with E-state index in [0.29, 0.717) is 23.1 Å². The standard InChI is InChI=1S/C13H19N5O2/c1-9(2)5-18-12(15-8-16-18)7-20-13(19)11-4-10(14)6-17(11)3/h4,6,8-9H,5,7,14H2,1-3H3. The molecule has 0 atom stereocenters. The molecule has 7 nitrogen and oxygen atoms in total. The number of nitrogens with zero attached hydrogens (tertiary/aromatic N) is 4. The van der Waals surface area contributed by atoms with Crippen molar-refractivity contribution in [3.8, 4) is 0 Å². The Morgan fingerprint density at radius 2 is 2.25 bits per heavy atom. The number of aromatic nitrogens is 4. The van der Waals surface area contributed by atoms with Crippen molar-refractivity contribution >= 4 is 11.7 Å². The first-order valence-electron chi connectivity index (χ1n) is 6.43. The third-order valence-corrected chi connectivity index (χ3v) is 2.80. The van der Waals surface area contributed by atoms with Crippen LogP contribution in [0.2, 0.25) is 0 Å². The van der Waals surface area contributed by atoms with E-state index < -0.39 is 5.97 Å². The first kappa shape index (κ1) is 14.1. The molecule has 2 rings (SSSR count). The molecule has 2 aromatic heterocycles. The Bertz CT molecular complexity index is 600. The second-order valence-corrected chi connectivity index (χ2v) is 5.10. The van der Waals surface area contributed by atoms with Gasteiger partial charge in [-0.3, -0.25) is 0 Å². The van der Waals surface area contributed by atoms with Gasteiger partial charge in [0.25, 0.3) is 0 Å². The SMILES string of the molecule is CC(C)Cn1ncnc1COC(=O)c1cc(N)cn1C. The first-order chi connectivity index (χ1) is 9.47. The lowest BCUT2D eigenvalue weighted by atomic mass is 10.2. The fourth-order valence-electron chi connectivity index (χ4n) is 1.90. The Morgan fingerprint density at radius 1 is 1.50 bits per heavy atom. The lowest BCUT2D eigenvalue weighted by Crippen LogP contribution is -2.14. The number of nitrogens with two attached hydrogens (primary N) is 1. The number of aryl methyl sites for hydroxylation is 1. The summed E-state index contributed by atoms with van der Waals surface area (Å²) in [5.74, 6) is 0.649. The van der Waals surface area contributed by atoms with E-state index >= 15 is 0 Å². The van der Waals surface area contributed by atoms with Crippen LogP contribution in [0.1, 0.15) is 30.2 Å². The second-order valence-electron chi connectivity index (χ2n) is 5.10. The Hall–Kier alpha value is -2.31. The maximum Gasteiger partial charge on any atom is 0.355 e. The predicted octanol–water partition coefficient (Wildman–Crippen LogP) is 1.21. The lowest BCUT2D eigenvalue weighted by molar-refractivity contribution is 0.0445. The lowest BCUT2D eigenvalue weighted by Gasteiger charge is -2.09.